The SMILES string of the molecule is COCCOc1noc2c(-c3cnccc3C)cccc12. The average Bonchev–Trinajstić information content (AvgIpc) is 2.92. The Labute approximate surface area is 122 Å². The van der Waals surface area contributed by atoms with E-state index in [2.05, 4.69) is 10.1 Å². The second-order valence-electron chi connectivity index (χ2n) is 4.70. The van der Waals surface area contributed by atoms with Crippen molar-refractivity contribution in [1.82, 2.24) is 10.1 Å². The molecule has 1 aromatic carbocycles. The second kappa shape index (κ2) is 5.93. The van der Waals surface area contributed by atoms with Gasteiger partial charge in [0.2, 0.25) is 0 Å². The molecule has 0 amide bonds. The highest BCUT2D eigenvalue weighted by molar-refractivity contribution is 5.95. The summed E-state index contributed by atoms with van der Waals surface area (Å²) in [5.41, 5.74) is 3.84. The van der Waals surface area contributed by atoms with Gasteiger partial charge in [0.25, 0.3) is 5.88 Å². The summed E-state index contributed by atoms with van der Waals surface area (Å²) >= 11 is 0. The lowest BCUT2D eigenvalue weighted by Gasteiger charge is -2.05. The zero-order valence-electron chi connectivity index (χ0n) is 12.0. The molecule has 3 rings (SSSR count). The first-order valence-corrected chi connectivity index (χ1v) is 6.72. The highest BCUT2D eigenvalue weighted by atomic mass is 16.6. The summed E-state index contributed by atoms with van der Waals surface area (Å²) in [5.74, 6) is 0.491. The van der Waals surface area contributed by atoms with E-state index in [0.717, 1.165) is 22.1 Å². The molecular weight excluding hydrogens is 268 g/mol. The van der Waals surface area contributed by atoms with E-state index in [0.29, 0.717) is 24.7 Å². The smallest absolute Gasteiger partial charge is 0.262 e. The van der Waals surface area contributed by atoms with Gasteiger partial charge in [-0.15, -0.1) is 0 Å². The molecule has 21 heavy (non-hydrogen) atoms. The maximum Gasteiger partial charge on any atom is 0.262 e. The number of benzene rings is 1. The summed E-state index contributed by atoms with van der Waals surface area (Å²) < 4.78 is 16.0. The molecule has 0 atom stereocenters. The van der Waals surface area contributed by atoms with E-state index < -0.39 is 0 Å². The first kappa shape index (κ1) is 13.6. The van der Waals surface area contributed by atoms with Crippen molar-refractivity contribution in [2.45, 2.75) is 6.92 Å². The third-order valence-corrected chi connectivity index (χ3v) is 3.32. The molecule has 2 heterocycles. The number of pyridine rings is 1. The zero-order valence-corrected chi connectivity index (χ0v) is 12.0. The Morgan fingerprint density at radius 3 is 2.86 bits per heavy atom. The first-order chi connectivity index (χ1) is 10.3. The van der Waals surface area contributed by atoms with Crippen LogP contribution in [0.5, 0.6) is 5.88 Å². The maximum atomic E-state index is 5.58. The predicted octanol–water partition coefficient (Wildman–Crippen LogP) is 3.22. The second-order valence-corrected chi connectivity index (χ2v) is 4.70. The molecule has 0 unspecified atom stereocenters. The van der Waals surface area contributed by atoms with Crippen LogP contribution >= 0.6 is 0 Å². The molecule has 0 aliphatic carbocycles. The number of aromatic nitrogens is 2. The number of nitrogens with zero attached hydrogens (tertiary/aromatic N) is 2. The van der Waals surface area contributed by atoms with Gasteiger partial charge in [-0.05, 0) is 29.8 Å². The molecule has 5 heteroatoms. The number of ether oxygens (including phenoxy) is 2. The maximum absolute atomic E-state index is 5.58. The van der Waals surface area contributed by atoms with E-state index in [1.807, 2.05) is 37.4 Å². The normalized spacial score (nSPS) is 11.0. The van der Waals surface area contributed by atoms with Crippen molar-refractivity contribution in [3.8, 4) is 17.0 Å². The summed E-state index contributed by atoms with van der Waals surface area (Å²) in [6.45, 7) is 2.99. The van der Waals surface area contributed by atoms with Crippen LogP contribution in [0.2, 0.25) is 0 Å². The van der Waals surface area contributed by atoms with Crippen LogP contribution in [-0.2, 0) is 4.74 Å². The van der Waals surface area contributed by atoms with Gasteiger partial charge in [0, 0.05) is 30.6 Å². The van der Waals surface area contributed by atoms with E-state index in [1.54, 1.807) is 13.3 Å². The van der Waals surface area contributed by atoms with Crippen molar-refractivity contribution in [1.29, 1.82) is 0 Å². The highest BCUT2D eigenvalue weighted by Crippen LogP contribution is 2.34. The minimum Gasteiger partial charge on any atom is -0.473 e. The summed E-state index contributed by atoms with van der Waals surface area (Å²) in [6, 6.07) is 7.87. The fraction of sp³-hybridized carbons (Fsp3) is 0.250. The van der Waals surface area contributed by atoms with Crippen LogP contribution in [0, 0.1) is 6.92 Å². The molecule has 0 bridgehead atoms. The summed E-state index contributed by atoms with van der Waals surface area (Å²) in [6.07, 6.45) is 3.61. The Kier molecular flexibility index (Phi) is 3.83. The quantitative estimate of drug-likeness (QED) is 0.673. The van der Waals surface area contributed by atoms with Gasteiger partial charge < -0.3 is 14.0 Å². The Balaban J connectivity index is 2.04. The number of hydrogen-bond acceptors (Lipinski definition) is 5. The van der Waals surface area contributed by atoms with Crippen molar-refractivity contribution in [2.75, 3.05) is 20.3 Å². The summed E-state index contributed by atoms with van der Waals surface area (Å²) in [5, 5.41) is 4.86. The lowest BCUT2D eigenvalue weighted by atomic mass is 10.0. The van der Waals surface area contributed by atoms with Gasteiger partial charge in [0.1, 0.15) is 6.61 Å². The monoisotopic (exact) mass is 284 g/mol. The summed E-state index contributed by atoms with van der Waals surface area (Å²) in [7, 11) is 1.63. The van der Waals surface area contributed by atoms with E-state index >= 15 is 0 Å². The van der Waals surface area contributed by atoms with Crippen LogP contribution < -0.4 is 4.74 Å². The van der Waals surface area contributed by atoms with E-state index in [-0.39, 0.29) is 0 Å². The number of rotatable bonds is 5. The predicted molar refractivity (Wildman–Crippen MR) is 79.3 cm³/mol. The van der Waals surface area contributed by atoms with Crippen LogP contribution in [-0.4, -0.2) is 30.5 Å². The molecule has 0 fully saturated rings. The molecule has 0 spiro atoms. The molecule has 108 valence electrons. The van der Waals surface area contributed by atoms with Crippen LogP contribution in [0.3, 0.4) is 0 Å². The largest absolute Gasteiger partial charge is 0.473 e. The number of aryl methyl sites for hydroxylation is 1. The number of methoxy groups -OCH3 is 1. The Bertz CT molecular complexity index is 752. The van der Waals surface area contributed by atoms with Gasteiger partial charge in [-0.3, -0.25) is 4.98 Å². The van der Waals surface area contributed by atoms with Crippen LogP contribution in [0.25, 0.3) is 22.1 Å². The lowest BCUT2D eigenvalue weighted by Crippen LogP contribution is -2.04. The number of para-hydroxylation sites is 1. The minimum atomic E-state index is 0.439. The van der Waals surface area contributed by atoms with Crippen LogP contribution in [0.4, 0.5) is 0 Å². The van der Waals surface area contributed by atoms with Crippen LogP contribution in [0.15, 0.2) is 41.2 Å². The van der Waals surface area contributed by atoms with Gasteiger partial charge in [-0.1, -0.05) is 12.1 Å². The number of hydrogen-bond donors (Lipinski definition) is 0. The first-order valence-electron chi connectivity index (χ1n) is 6.72. The Hall–Kier alpha value is -2.40. The van der Waals surface area contributed by atoms with Crippen molar-refractivity contribution in [2.24, 2.45) is 0 Å². The Morgan fingerprint density at radius 2 is 2.05 bits per heavy atom. The fourth-order valence-electron chi connectivity index (χ4n) is 2.22. The van der Waals surface area contributed by atoms with Gasteiger partial charge in [-0.2, -0.15) is 0 Å². The minimum absolute atomic E-state index is 0.439. The molecule has 0 aliphatic heterocycles. The molecule has 0 N–H and O–H groups in total. The van der Waals surface area contributed by atoms with Gasteiger partial charge in [-0.25, -0.2) is 0 Å². The molecule has 3 aromatic rings. The van der Waals surface area contributed by atoms with Crippen molar-refractivity contribution < 1.29 is 14.0 Å². The van der Waals surface area contributed by atoms with Gasteiger partial charge in [0.05, 0.1) is 12.0 Å². The number of fused-ring (bicyclic) bond motifs is 1. The van der Waals surface area contributed by atoms with Crippen LogP contribution in [0.1, 0.15) is 5.56 Å². The molecule has 0 aliphatic rings. The van der Waals surface area contributed by atoms with Crippen molar-refractivity contribution in [3.63, 3.8) is 0 Å². The zero-order chi connectivity index (χ0) is 14.7. The molecule has 2 aromatic heterocycles. The summed E-state index contributed by atoms with van der Waals surface area (Å²) in [4.78, 5) is 4.19. The van der Waals surface area contributed by atoms with E-state index in [1.165, 1.54) is 0 Å². The van der Waals surface area contributed by atoms with E-state index in [4.69, 9.17) is 14.0 Å². The van der Waals surface area contributed by atoms with Gasteiger partial charge in [0.15, 0.2) is 5.58 Å². The molecular formula is C16H16N2O3. The molecule has 0 saturated carbocycles. The molecule has 5 nitrogen and oxygen atoms in total. The van der Waals surface area contributed by atoms with Gasteiger partial charge >= 0.3 is 0 Å². The Morgan fingerprint density at radius 1 is 1.14 bits per heavy atom. The average molecular weight is 284 g/mol. The molecule has 0 radical (unpaired) electrons. The topological polar surface area (TPSA) is 57.4 Å². The fourth-order valence-corrected chi connectivity index (χ4v) is 2.22. The molecule has 0 saturated heterocycles. The standard InChI is InChI=1S/C16H16N2O3/c1-11-6-7-17-10-14(11)12-4-3-5-13-15(12)21-18-16(13)20-9-8-19-2/h3-7,10H,8-9H2,1-2H3. The van der Waals surface area contributed by atoms with E-state index in [9.17, 15) is 0 Å². The van der Waals surface area contributed by atoms with Crippen molar-refractivity contribution >= 4 is 11.0 Å². The highest BCUT2D eigenvalue weighted by Gasteiger charge is 2.15. The van der Waals surface area contributed by atoms with Crippen molar-refractivity contribution in [3.05, 3.63) is 42.2 Å². The lowest BCUT2D eigenvalue weighted by molar-refractivity contribution is 0.142. The third-order valence-electron chi connectivity index (χ3n) is 3.32. The third kappa shape index (κ3) is 2.60.